The molecule has 2 aromatic heterocycles. The largest absolute Gasteiger partial charge is 0.480 e. The number of aromatic amines is 1. The number of rotatable bonds is 23. The van der Waals surface area contributed by atoms with Gasteiger partial charge >= 0.3 is 36.2 Å². The van der Waals surface area contributed by atoms with Gasteiger partial charge in [-0.2, -0.15) is 5.10 Å². The number of hydrogen-bond acceptors (Lipinski definition) is 24. The number of benzene rings is 8. The Morgan fingerprint density at radius 1 is 0.511 bits per heavy atom. The number of hydrogen-bond donors (Lipinski definition) is 3. The summed E-state index contributed by atoms with van der Waals surface area (Å²) in [6.07, 6.45) is 8.81. The summed E-state index contributed by atoms with van der Waals surface area (Å²) < 4.78 is 48.1. The molecule has 8 aromatic carbocycles. The van der Waals surface area contributed by atoms with Crippen LogP contribution in [0.4, 0.5) is 14.4 Å². The Hall–Kier alpha value is -15.5. The Labute approximate surface area is 811 Å². The van der Waals surface area contributed by atoms with Gasteiger partial charge in [0.25, 0.3) is 5.91 Å². The third kappa shape index (κ3) is 36.0. The standard InChI is InChI=1S/C25H22N4O2.C17H17NO3.C17H16O4.C14H12O2.C13H19NO3.C12H22N2O4.C10H17NO4/c1-2-23(30)29-14-6-9-22(29)21-15-18-16-26-28-25(18)24(27-21)17-10-12-20(13-11-17)31-19-7-4-3-5-8-19;2*1-2-20-17(19)12-16(18)13-8-10-15(11-9-13)21-14-6-4-3-5-7-14;1-11(15)12-7-9-14(10-8-12)16-13-5-3-2-4-6-13;1-5-7-11(15)10-8-6-9-14(10)12(16)17-13(2,3)4;1-12(2,3)18-11(16)14-8-6-7-9(14)10(15)13(4)17-5;1-10(2,3)15-9(14)11-6-4-5-7(11)8(12)13/h2-5,7-8,10-13,15-16,22H,1,6,9,14H2,(H,26,28);3-12H,2,18H2,1H3;3-11H,2,12H2,1H3;2-10H,1H3;10H,6,8-9H2,1-4H3;9H,6-8H2,1-5H3;7H,4-6H2,1-3H3,(H,12,13)/b;16-12-;;;;;. The number of nitrogens with two attached hydrogens (primary N) is 1. The molecule has 6 heterocycles. The highest BCUT2D eigenvalue weighted by atomic mass is 16.7. The quantitative estimate of drug-likeness (QED) is 0.00782. The predicted octanol–water partition coefficient (Wildman–Crippen LogP) is 20.8. The fourth-order valence-electron chi connectivity index (χ4n) is 14.2. The smallest absolute Gasteiger partial charge is 0.411 e. The van der Waals surface area contributed by atoms with Crippen molar-refractivity contribution in [3.05, 3.63) is 272 Å². The van der Waals surface area contributed by atoms with Gasteiger partial charge in [0.05, 0.1) is 49.5 Å². The number of carbonyl (C=O) groups is 11. The number of para-hydroxylation sites is 4. The number of nitrogens with one attached hydrogen (secondary N) is 1. The maximum Gasteiger partial charge on any atom is 0.411 e. The van der Waals surface area contributed by atoms with Crippen molar-refractivity contribution in [3.8, 4) is 69.1 Å². The van der Waals surface area contributed by atoms with Crippen LogP contribution in [0.5, 0.6) is 46.0 Å². The molecule has 4 N–H and O–H groups in total. The second-order valence-electron chi connectivity index (χ2n) is 34.8. The highest BCUT2D eigenvalue weighted by molar-refractivity contribution is 6.06. The van der Waals surface area contributed by atoms with Gasteiger partial charge in [0, 0.05) is 67.1 Å². The normalized spacial score (nSPS) is 15.1. The minimum absolute atomic E-state index is 0.0516. The van der Waals surface area contributed by atoms with Crippen molar-refractivity contribution in [2.75, 3.05) is 53.6 Å². The molecule has 31 nitrogen and oxygen atoms in total. The lowest BCUT2D eigenvalue weighted by Gasteiger charge is -2.29. The van der Waals surface area contributed by atoms with Crippen LogP contribution in [0.1, 0.15) is 186 Å². The van der Waals surface area contributed by atoms with Gasteiger partial charge < -0.3 is 58.4 Å². The molecule has 5 amide bonds. The lowest BCUT2D eigenvalue weighted by molar-refractivity contribution is -0.173. The number of ether oxygens (including phenoxy) is 9. The first-order valence-electron chi connectivity index (χ1n) is 45.7. The Balaban J connectivity index is 0.000000202. The number of carboxylic acids is 1. The molecule has 0 saturated carbocycles. The van der Waals surface area contributed by atoms with Crippen molar-refractivity contribution in [2.45, 2.75) is 189 Å². The van der Waals surface area contributed by atoms with Crippen LogP contribution in [0.15, 0.2) is 249 Å². The van der Waals surface area contributed by atoms with E-state index in [0.29, 0.717) is 73.8 Å². The minimum atomic E-state index is -0.960. The average Bonchev–Trinajstić information content (AvgIpc) is 1.64. The molecule has 4 aliphatic heterocycles. The maximum absolute atomic E-state index is 12.3. The van der Waals surface area contributed by atoms with Crippen molar-refractivity contribution in [1.29, 1.82) is 0 Å². The number of esters is 2. The number of carbonyl (C=O) groups excluding carboxylic acids is 10. The number of ketones is 3. The molecule has 0 aliphatic carbocycles. The molecule has 4 atom stereocenters. The van der Waals surface area contributed by atoms with Gasteiger partial charge in [0.1, 0.15) is 87.3 Å². The van der Waals surface area contributed by atoms with Crippen LogP contribution in [0.2, 0.25) is 0 Å². The number of Topliss-reactive ketones (excluding diaryl/α,β-unsaturated/α-hetero) is 3. The van der Waals surface area contributed by atoms with Gasteiger partial charge in [-0.15, -0.1) is 0 Å². The van der Waals surface area contributed by atoms with Crippen molar-refractivity contribution in [3.63, 3.8) is 0 Å². The van der Waals surface area contributed by atoms with Crippen LogP contribution >= 0.6 is 0 Å². The number of likely N-dealkylation sites (tertiary alicyclic amines) is 4. The number of nitrogens with zero attached hydrogens (tertiary/aromatic N) is 7. The van der Waals surface area contributed by atoms with Crippen LogP contribution < -0.4 is 24.7 Å². The zero-order chi connectivity index (χ0) is 101. The number of hydroxylamine groups is 2. The van der Waals surface area contributed by atoms with Crippen LogP contribution in [0.3, 0.4) is 0 Å². The second kappa shape index (κ2) is 53.7. The third-order valence-corrected chi connectivity index (χ3v) is 20.7. The summed E-state index contributed by atoms with van der Waals surface area (Å²) in [5, 5.41) is 18.3. The highest BCUT2D eigenvalue weighted by Crippen LogP contribution is 2.37. The van der Waals surface area contributed by atoms with Crippen LogP contribution in [-0.2, 0) is 57.3 Å². The molecule has 4 saturated heterocycles. The molecule has 0 radical (unpaired) electrons. The SMILES string of the molecule is C=CC(=O)N1CCCC1c1cc2cn[nH]c2c(-c2ccc(Oc3ccccc3)cc2)n1.CC#CC(=O)C1CCCN1C(=O)OC(C)(C)C.CC(=O)c1ccc(Oc2ccccc2)cc1.CC(C)(C)OC(=O)N1CCCC1C(=O)O.CCOC(=O)/C=C(\N)c1ccc(Oc2ccccc2)cc1.CCOC(=O)CC(=O)c1ccc(Oc2ccccc2)cc1.CON(C)C(=O)C1CCCN1C(=O)OC(C)(C)C. The third-order valence-electron chi connectivity index (χ3n) is 20.7. The van der Waals surface area contributed by atoms with Gasteiger partial charge in [-0.25, -0.2) is 34.0 Å². The minimum Gasteiger partial charge on any atom is -0.480 e. The number of fused-ring (bicyclic) bond motifs is 1. The molecule has 4 fully saturated rings. The lowest BCUT2D eigenvalue weighted by atomic mass is 10.0. The summed E-state index contributed by atoms with van der Waals surface area (Å²) >= 11 is 0. The summed E-state index contributed by atoms with van der Waals surface area (Å²) in [6.45, 7) is 29.3. The zero-order valence-corrected chi connectivity index (χ0v) is 81.4. The Morgan fingerprint density at radius 2 is 0.892 bits per heavy atom. The van der Waals surface area contributed by atoms with Gasteiger partial charge in [-0.05, 0) is 311 Å². The zero-order valence-electron chi connectivity index (χ0n) is 81.4. The monoisotopic (exact) mass is 1900 g/mol. The van der Waals surface area contributed by atoms with E-state index in [0.717, 1.165) is 112 Å². The number of aliphatic carboxylic acids is 1. The molecule has 10 aromatic rings. The Bertz CT molecular complexity index is 5810. The molecular formula is C108H125N9O22. The number of H-pyrrole nitrogens is 1. The van der Waals surface area contributed by atoms with E-state index in [-0.39, 0.29) is 48.2 Å². The average molecular weight is 1900 g/mol. The van der Waals surface area contributed by atoms with Crippen LogP contribution in [0.25, 0.3) is 27.9 Å². The van der Waals surface area contributed by atoms with E-state index in [4.69, 9.17) is 63.3 Å². The molecule has 4 aliphatic rings. The van der Waals surface area contributed by atoms with E-state index in [1.165, 1.54) is 41.0 Å². The van der Waals surface area contributed by atoms with Crippen molar-refractivity contribution >= 4 is 82.0 Å². The summed E-state index contributed by atoms with van der Waals surface area (Å²) in [6, 6.07) is 67.3. The fraction of sp³-hybridized carbons (Fsp3) is 0.343. The fourth-order valence-corrected chi connectivity index (χ4v) is 14.2. The first-order chi connectivity index (χ1) is 66.3. The van der Waals surface area contributed by atoms with Crippen LogP contribution in [-0.4, -0.2) is 199 Å². The number of aromatic nitrogens is 3. The van der Waals surface area contributed by atoms with Crippen LogP contribution in [0, 0.1) is 11.8 Å². The second-order valence-corrected chi connectivity index (χ2v) is 34.8. The molecule has 4 unspecified atom stereocenters. The molecular weight excluding hydrogens is 1780 g/mol. The van der Waals surface area contributed by atoms with Crippen molar-refractivity contribution < 1.29 is 105 Å². The number of pyridine rings is 1. The number of amides is 5. The maximum atomic E-state index is 12.3. The number of carboxylic acid groups (broad SMARTS) is 1. The summed E-state index contributed by atoms with van der Waals surface area (Å²) in [5.74, 6) is 8.37. The first kappa shape index (κ1) is 109. The predicted molar refractivity (Wildman–Crippen MR) is 527 cm³/mol. The van der Waals surface area contributed by atoms with Gasteiger partial charge in [0.15, 0.2) is 11.6 Å². The van der Waals surface area contributed by atoms with Gasteiger partial charge in [-0.3, -0.25) is 53.4 Å². The molecule has 734 valence electrons. The Kier molecular flexibility index (Phi) is 42.1. The van der Waals surface area contributed by atoms with E-state index in [9.17, 15) is 52.7 Å². The van der Waals surface area contributed by atoms with E-state index >= 15 is 0 Å². The number of likely N-dealkylation sites (N-methyl/N-ethyl adjacent to an activating group) is 1. The van der Waals surface area contributed by atoms with E-state index in [2.05, 4.69) is 28.6 Å². The topological polar surface area (TPSA) is 384 Å². The highest BCUT2D eigenvalue weighted by Gasteiger charge is 2.40. The summed E-state index contributed by atoms with van der Waals surface area (Å²) in [5.41, 5.74) is 9.95. The first-order valence-corrected chi connectivity index (χ1v) is 45.7. The van der Waals surface area contributed by atoms with E-state index in [1.807, 2.05) is 177 Å². The van der Waals surface area contributed by atoms with Gasteiger partial charge in [-0.1, -0.05) is 85.3 Å². The Morgan fingerprint density at radius 3 is 1.29 bits per heavy atom. The molecule has 31 heteroatoms. The molecule has 139 heavy (non-hydrogen) atoms. The lowest BCUT2D eigenvalue weighted by Crippen LogP contribution is -2.47. The van der Waals surface area contributed by atoms with Crippen molar-refractivity contribution in [2.24, 2.45) is 5.73 Å². The molecule has 0 bridgehead atoms. The van der Waals surface area contributed by atoms with E-state index in [1.54, 1.807) is 148 Å². The van der Waals surface area contributed by atoms with Gasteiger partial charge in [0.2, 0.25) is 11.7 Å². The molecule has 14 rings (SSSR count). The summed E-state index contributed by atoms with van der Waals surface area (Å²) in [4.78, 5) is 144. The van der Waals surface area contributed by atoms with E-state index < -0.39 is 71.1 Å². The summed E-state index contributed by atoms with van der Waals surface area (Å²) in [7, 11) is 2.96. The molecule has 0 spiro atoms. The van der Waals surface area contributed by atoms with Crippen molar-refractivity contribution in [1.82, 2.24) is 39.8 Å².